The second kappa shape index (κ2) is 6.56. The number of rotatable bonds is 4. The SMILES string of the molecule is O=c1cc2c(nn1CC1CN(Cc3cn4cc(F)ccc4n3)C1)CCCC2. The van der Waals surface area contributed by atoms with Gasteiger partial charge >= 0.3 is 0 Å². The number of likely N-dealkylation sites (tertiary alicyclic amines) is 1. The molecule has 0 N–H and O–H groups in total. The molecule has 27 heavy (non-hydrogen) atoms. The Morgan fingerprint density at radius 3 is 2.89 bits per heavy atom. The van der Waals surface area contributed by atoms with E-state index in [1.54, 1.807) is 21.2 Å². The van der Waals surface area contributed by atoms with E-state index >= 15 is 0 Å². The van der Waals surface area contributed by atoms with Gasteiger partial charge in [0, 0.05) is 44.0 Å². The number of pyridine rings is 1. The van der Waals surface area contributed by atoms with Crippen LogP contribution in [-0.2, 0) is 25.9 Å². The fourth-order valence-corrected chi connectivity index (χ4v) is 4.22. The smallest absolute Gasteiger partial charge is 0.267 e. The second-order valence-electron chi connectivity index (χ2n) is 7.75. The molecular weight excluding hydrogens is 345 g/mol. The first kappa shape index (κ1) is 16.6. The average molecular weight is 367 g/mol. The summed E-state index contributed by atoms with van der Waals surface area (Å²) in [4.78, 5) is 19.1. The van der Waals surface area contributed by atoms with E-state index < -0.39 is 0 Å². The first-order chi connectivity index (χ1) is 13.1. The highest BCUT2D eigenvalue weighted by Crippen LogP contribution is 2.21. The first-order valence-electron chi connectivity index (χ1n) is 9.59. The van der Waals surface area contributed by atoms with Gasteiger partial charge in [-0.15, -0.1) is 0 Å². The third kappa shape index (κ3) is 3.27. The Bertz CT molecular complexity index is 1050. The maximum absolute atomic E-state index is 13.3. The highest BCUT2D eigenvalue weighted by molar-refractivity contribution is 5.39. The van der Waals surface area contributed by atoms with Crippen molar-refractivity contribution in [2.75, 3.05) is 13.1 Å². The third-order valence-corrected chi connectivity index (χ3v) is 5.59. The molecule has 3 aromatic heterocycles. The van der Waals surface area contributed by atoms with Crippen LogP contribution in [0.4, 0.5) is 4.39 Å². The fraction of sp³-hybridized carbons (Fsp3) is 0.450. The number of halogens is 1. The number of nitrogens with zero attached hydrogens (tertiary/aromatic N) is 5. The van der Waals surface area contributed by atoms with Crippen LogP contribution in [0.2, 0.25) is 0 Å². The maximum Gasteiger partial charge on any atom is 0.267 e. The molecular formula is C20H22FN5O. The molecule has 0 unspecified atom stereocenters. The van der Waals surface area contributed by atoms with Crippen LogP contribution in [-0.4, -0.2) is 37.2 Å². The minimum Gasteiger partial charge on any atom is -0.304 e. The maximum atomic E-state index is 13.3. The summed E-state index contributed by atoms with van der Waals surface area (Å²) < 4.78 is 16.7. The van der Waals surface area contributed by atoms with Crippen LogP contribution in [0.3, 0.4) is 0 Å². The number of aromatic nitrogens is 4. The van der Waals surface area contributed by atoms with E-state index in [9.17, 15) is 9.18 Å². The number of hydrogen-bond acceptors (Lipinski definition) is 4. The number of imidazole rings is 1. The highest BCUT2D eigenvalue weighted by atomic mass is 19.1. The Labute approximate surface area is 156 Å². The molecule has 0 radical (unpaired) electrons. The molecule has 0 bridgehead atoms. The van der Waals surface area contributed by atoms with E-state index in [1.807, 2.05) is 6.20 Å². The van der Waals surface area contributed by atoms with Crippen LogP contribution in [0.25, 0.3) is 5.65 Å². The van der Waals surface area contributed by atoms with Gasteiger partial charge in [0.25, 0.3) is 5.56 Å². The van der Waals surface area contributed by atoms with E-state index in [4.69, 9.17) is 0 Å². The van der Waals surface area contributed by atoms with Crippen molar-refractivity contribution in [3.8, 4) is 0 Å². The summed E-state index contributed by atoms with van der Waals surface area (Å²) in [6.45, 7) is 3.27. The predicted molar refractivity (Wildman–Crippen MR) is 99.1 cm³/mol. The summed E-state index contributed by atoms with van der Waals surface area (Å²) in [6.07, 6.45) is 7.61. The standard InChI is InChI=1S/C20H22FN5O/c21-16-5-6-19-22-17(13-25(19)11-16)12-24-8-14(9-24)10-26-20(27)7-15-3-1-2-4-18(15)23-26/h5-7,11,13-14H,1-4,8-10,12H2. The first-order valence-corrected chi connectivity index (χ1v) is 9.59. The summed E-state index contributed by atoms with van der Waals surface area (Å²) in [6, 6.07) is 4.90. The molecule has 0 amide bonds. The van der Waals surface area contributed by atoms with Gasteiger partial charge in [-0.05, 0) is 43.4 Å². The Balaban J connectivity index is 1.21. The number of aryl methyl sites for hydroxylation is 2. The van der Waals surface area contributed by atoms with E-state index in [1.165, 1.54) is 18.7 Å². The van der Waals surface area contributed by atoms with Crippen molar-refractivity contribution in [2.24, 2.45) is 5.92 Å². The lowest BCUT2D eigenvalue weighted by atomic mass is 9.96. The van der Waals surface area contributed by atoms with E-state index in [0.29, 0.717) is 12.5 Å². The molecule has 1 aliphatic heterocycles. The number of fused-ring (bicyclic) bond motifs is 2. The summed E-state index contributed by atoms with van der Waals surface area (Å²) >= 11 is 0. The molecule has 1 fully saturated rings. The van der Waals surface area contributed by atoms with Gasteiger partial charge in [-0.2, -0.15) is 5.10 Å². The van der Waals surface area contributed by atoms with Crippen LogP contribution in [0.15, 0.2) is 35.4 Å². The lowest BCUT2D eigenvalue weighted by molar-refractivity contribution is 0.0753. The minimum absolute atomic E-state index is 0.0245. The molecule has 1 saturated heterocycles. The lowest BCUT2D eigenvalue weighted by Gasteiger charge is -2.38. The zero-order valence-electron chi connectivity index (χ0n) is 15.1. The van der Waals surface area contributed by atoms with Crippen LogP contribution >= 0.6 is 0 Å². The van der Waals surface area contributed by atoms with Crippen LogP contribution in [0, 0.1) is 11.7 Å². The van der Waals surface area contributed by atoms with Gasteiger partial charge in [-0.3, -0.25) is 9.69 Å². The molecule has 4 heterocycles. The molecule has 2 aliphatic rings. The highest BCUT2D eigenvalue weighted by Gasteiger charge is 2.28. The quantitative estimate of drug-likeness (QED) is 0.708. The van der Waals surface area contributed by atoms with Crippen molar-refractivity contribution in [1.82, 2.24) is 24.1 Å². The monoisotopic (exact) mass is 367 g/mol. The molecule has 0 spiro atoms. The molecule has 7 heteroatoms. The topological polar surface area (TPSA) is 55.4 Å². The van der Waals surface area contributed by atoms with Crippen LogP contribution in [0.1, 0.15) is 29.8 Å². The summed E-state index contributed by atoms with van der Waals surface area (Å²) in [5.74, 6) is 0.171. The van der Waals surface area contributed by atoms with Crippen molar-refractivity contribution >= 4 is 5.65 Å². The van der Waals surface area contributed by atoms with E-state index in [-0.39, 0.29) is 11.4 Å². The third-order valence-electron chi connectivity index (χ3n) is 5.59. The predicted octanol–water partition coefficient (Wildman–Crippen LogP) is 2.04. The normalized spacial score (nSPS) is 17.8. The Kier molecular flexibility index (Phi) is 4.04. The van der Waals surface area contributed by atoms with E-state index in [0.717, 1.165) is 61.5 Å². The van der Waals surface area contributed by atoms with Gasteiger partial charge in [0.05, 0.1) is 17.9 Å². The average Bonchev–Trinajstić information content (AvgIpc) is 3.01. The molecule has 6 nitrogen and oxygen atoms in total. The summed E-state index contributed by atoms with van der Waals surface area (Å²) in [5, 5.41) is 4.62. The lowest BCUT2D eigenvalue weighted by Crippen LogP contribution is -2.49. The Morgan fingerprint density at radius 1 is 1.15 bits per heavy atom. The molecule has 5 rings (SSSR count). The number of hydrogen-bond donors (Lipinski definition) is 0. The largest absolute Gasteiger partial charge is 0.304 e. The molecule has 0 atom stereocenters. The Hall–Kier alpha value is -2.54. The Morgan fingerprint density at radius 2 is 2.00 bits per heavy atom. The van der Waals surface area contributed by atoms with Gasteiger partial charge < -0.3 is 4.40 Å². The van der Waals surface area contributed by atoms with Gasteiger partial charge in [0.2, 0.25) is 0 Å². The van der Waals surface area contributed by atoms with E-state index in [2.05, 4.69) is 15.0 Å². The molecule has 1 aliphatic carbocycles. The van der Waals surface area contributed by atoms with Gasteiger partial charge in [0.1, 0.15) is 11.5 Å². The molecule has 0 aromatic carbocycles. The van der Waals surface area contributed by atoms with Crippen molar-refractivity contribution in [3.63, 3.8) is 0 Å². The van der Waals surface area contributed by atoms with Gasteiger partial charge in [-0.25, -0.2) is 14.1 Å². The van der Waals surface area contributed by atoms with Crippen molar-refractivity contribution in [3.05, 3.63) is 63.7 Å². The van der Waals surface area contributed by atoms with Crippen molar-refractivity contribution in [1.29, 1.82) is 0 Å². The van der Waals surface area contributed by atoms with Crippen molar-refractivity contribution < 1.29 is 4.39 Å². The molecule has 3 aromatic rings. The van der Waals surface area contributed by atoms with Gasteiger partial charge in [0.15, 0.2) is 0 Å². The zero-order chi connectivity index (χ0) is 18.4. The van der Waals surface area contributed by atoms with Gasteiger partial charge in [-0.1, -0.05) is 0 Å². The van der Waals surface area contributed by atoms with Crippen molar-refractivity contribution in [2.45, 2.75) is 38.8 Å². The second-order valence-corrected chi connectivity index (χ2v) is 7.75. The fourth-order valence-electron chi connectivity index (χ4n) is 4.22. The summed E-state index contributed by atoms with van der Waals surface area (Å²) in [7, 11) is 0. The molecule has 140 valence electrons. The minimum atomic E-state index is -0.265. The summed E-state index contributed by atoms with van der Waals surface area (Å²) in [5.41, 5.74) is 3.96. The van der Waals surface area contributed by atoms with Crippen LogP contribution < -0.4 is 5.56 Å². The molecule has 0 saturated carbocycles. The zero-order valence-corrected chi connectivity index (χ0v) is 15.1. The van der Waals surface area contributed by atoms with Crippen LogP contribution in [0.5, 0.6) is 0 Å².